The molecular weight excluding hydrogens is 298 g/mol. The number of fused-ring (bicyclic) bond motifs is 1. The second-order valence-electron chi connectivity index (χ2n) is 5.33. The van der Waals surface area contributed by atoms with E-state index in [1.165, 1.54) is 7.11 Å². The predicted octanol–water partition coefficient (Wildman–Crippen LogP) is 1.49. The standard InChI is InChI=1S/C15H17N5O3/c1-9-13(7-17-19-9)18-14(21)12-6-16-5-10-8-20(15(22)23-2)4-3-11(10)12/h5-7H,3-4,8H2,1-2H3,(H,17,19)(H,18,21). The van der Waals surface area contributed by atoms with Crippen LogP contribution in [0.3, 0.4) is 0 Å². The highest BCUT2D eigenvalue weighted by Gasteiger charge is 2.25. The molecule has 8 nitrogen and oxygen atoms in total. The fourth-order valence-corrected chi connectivity index (χ4v) is 2.64. The van der Waals surface area contributed by atoms with Gasteiger partial charge in [0.25, 0.3) is 5.91 Å². The molecule has 2 aromatic heterocycles. The maximum absolute atomic E-state index is 12.5. The van der Waals surface area contributed by atoms with Crippen LogP contribution in [0, 0.1) is 6.92 Å². The molecular formula is C15H17N5O3. The van der Waals surface area contributed by atoms with Crippen molar-refractivity contribution in [2.24, 2.45) is 0 Å². The third-order valence-electron chi connectivity index (χ3n) is 3.90. The lowest BCUT2D eigenvalue weighted by atomic mass is 9.97. The van der Waals surface area contributed by atoms with E-state index in [2.05, 4.69) is 20.5 Å². The number of amides is 2. The van der Waals surface area contributed by atoms with E-state index in [9.17, 15) is 9.59 Å². The molecule has 2 N–H and O–H groups in total. The van der Waals surface area contributed by atoms with Crippen molar-refractivity contribution in [3.05, 3.63) is 41.0 Å². The SMILES string of the molecule is COC(=O)N1CCc2c(cncc2C(=O)Nc2cn[nH]c2C)C1. The molecule has 0 saturated carbocycles. The van der Waals surface area contributed by atoms with Crippen LogP contribution in [0.15, 0.2) is 18.6 Å². The van der Waals surface area contributed by atoms with Gasteiger partial charge in [0.1, 0.15) is 0 Å². The van der Waals surface area contributed by atoms with Crippen molar-refractivity contribution in [1.82, 2.24) is 20.1 Å². The fourth-order valence-electron chi connectivity index (χ4n) is 2.64. The molecule has 8 heteroatoms. The minimum atomic E-state index is -0.375. The number of nitrogens with zero attached hydrogens (tertiary/aromatic N) is 3. The summed E-state index contributed by atoms with van der Waals surface area (Å²) < 4.78 is 4.74. The third kappa shape index (κ3) is 2.87. The van der Waals surface area contributed by atoms with Crippen molar-refractivity contribution in [1.29, 1.82) is 0 Å². The fraction of sp³-hybridized carbons (Fsp3) is 0.333. The third-order valence-corrected chi connectivity index (χ3v) is 3.90. The van der Waals surface area contributed by atoms with Gasteiger partial charge in [-0.05, 0) is 24.5 Å². The summed E-state index contributed by atoms with van der Waals surface area (Å²) in [6.07, 6.45) is 5.01. The molecule has 1 aliphatic rings. The summed E-state index contributed by atoms with van der Waals surface area (Å²) in [5.74, 6) is -0.231. The summed E-state index contributed by atoms with van der Waals surface area (Å²) >= 11 is 0. The van der Waals surface area contributed by atoms with Crippen LogP contribution in [0.4, 0.5) is 10.5 Å². The highest BCUT2D eigenvalue weighted by Crippen LogP contribution is 2.23. The van der Waals surface area contributed by atoms with Gasteiger partial charge in [0, 0.05) is 18.9 Å². The maximum Gasteiger partial charge on any atom is 0.409 e. The van der Waals surface area contributed by atoms with E-state index in [-0.39, 0.29) is 12.0 Å². The van der Waals surface area contributed by atoms with Crippen LogP contribution < -0.4 is 5.32 Å². The first-order valence-corrected chi connectivity index (χ1v) is 7.20. The maximum atomic E-state index is 12.5. The molecule has 1 aliphatic heterocycles. The van der Waals surface area contributed by atoms with E-state index in [1.807, 2.05) is 6.92 Å². The van der Waals surface area contributed by atoms with Crippen molar-refractivity contribution in [2.45, 2.75) is 19.9 Å². The quantitative estimate of drug-likeness (QED) is 0.874. The van der Waals surface area contributed by atoms with Crippen LogP contribution >= 0.6 is 0 Å². The molecule has 2 aromatic rings. The van der Waals surface area contributed by atoms with Gasteiger partial charge in [-0.25, -0.2) is 4.79 Å². The summed E-state index contributed by atoms with van der Waals surface area (Å²) in [6.45, 7) is 2.73. The number of nitrogens with one attached hydrogen (secondary N) is 2. The molecule has 0 radical (unpaired) electrons. The summed E-state index contributed by atoms with van der Waals surface area (Å²) in [5.41, 5.74) is 3.72. The van der Waals surface area contributed by atoms with E-state index in [4.69, 9.17) is 4.74 Å². The second-order valence-corrected chi connectivity index (χ2v) is 5.33. The number of methoxy groups -OCH3 is 1. The zero-order valence-corrected chi connectivity index (χ0v) is 12.9. The van der Waals surface area contributed by atoms with Gasteiger partial charge in [-0.2, -0.15) is 5.10 Å². The summed E-state index contributed by atoms with van der Waals surface area (Å²) in [6, 6.07) is 0. The first kappa shape index (κ1) is 15.0. The molecule has 3 heterocycles. The van der Waals surface area contributed by atoms with Crippen LogP contribution in [0.1, 0.15) is 27.2 Å². The van der Waals surface area contributed by atoms with Crippen LogP contribution in [-0.2, 0) is 17.7 Å². The molecule has 3 rings (SSSR count). The normalized spacial score (nSPS) is 13.4. The lowest BCUT2D eigenvalue weighted by Crippen LogP contribution is -2.36. The number of pyridine rings is 1. The molecule has 23 heavy (non-hydrogen) atoms. The summed E-state index contributed by atoms with van der Waals surface area (Å²) in [4.78, 5) is 29.9. The molecule has 2 amide bonds. The number of anilines is 1. The molecule has 120 valence electrons. The lowest BCUT2D eigenvalue weighted by Gasteiger charge is -2.28. The van der Waals surface area contributed by atoms with E-state index < -0.39 is 0 Å². The van der Waals surface area contributed by atoms with Crippen molar-refractivity contribution in [3.8, 4) is 0 Å². The van der Waals surface area contributed by atoms with Gasteiger partial charge in [-0.15, -0.1) is 0 Å². The van der Waals surface area contributed by atoms with Gasteiger partial charge in [0.15, 0.2) is 0 Å². The smallest absolute Gasteiger partial charge is 0.409 e. The number of aromatic nitrogens is 3. The van der Waals surface area contributed by atoms with Gasteiger partial charge in [0.2, 0.25) is 0 Å². The summed E-state index contributed by atoms with van der Waals surface area (Å²) in [5, 5.41) is 9.48. The van der Waals surface area contributed by atoms with Crippen molar-refractivity contribution in [2.75, 3.05) is 19.0 Å². The molecule has 0 aromatic carbocycles. The Bertz CT molecular complexity index is 755. The molecule has 0 saturated heterocycles. The van der Waals surface area contributed by atoms with Gasteiger partial charge in [-0.1, -0.05) is 0 Å². The van der Waals surface area contributed by atoms with Gasteiger partial charge in [0.05, 0.1) is 36.8 Å². The number of carbonyl (C=O) groups is 2. The number of aryl methyl sites for hydroxylation is 1. The van der Waals surface area contributed by atoms with Crippen LogP contribution in [0.5, 0.6) is 0 Å². The first-order valence-electron chi connectivity index (χ1n) is 7.20. The Balaban J connectivity index is 1.84. The number of hydrogen-bond donors (Lipinski definition) is 2. The van der Waals surface area contributed by atoms with E-state index in [1.54, 1.807) is 23.5 Å². The Kier molecular flexibility index (Phi) is 3.96. The Hall–Kier alpha value is -2.90. The molecule has 0 aliphatic carbocycles. The van der Waals surface area contributed by atoms with E-state index in [0.717, 1.165) is 16.8 Å². The minimum absolute atomic E-state index is 0.231. The topological polar surface area (TPSA) is 100 Å². The van der Waals surface area contributed by atoms with Crippen molar-refractivity contribution >= 4 is 17.7 Å². The number of carbonyl (C=O) groups excluding carboxylic acids is 2. The van der Waals surface area contributed by atoms with E-state index in [0.29, 0.717) is 30.8 Å². The van der Waals surface area contributed by atoms with Crippen LogP contribution in [0.2, 0.25) is 0 Å². The predicted molar refractivity (Wildman–Crippen MR) is 82.0 cm³/mol. The molecule has 0 unspecified atom stereocenters. The highest BCUT2D eigenvalue weighted by atomic mass is 16.5. The number of aromatic amines is 1. The number of rotatable bonds is 2. The van der Waals surface area contributed by atoms with Gasteiger partial charge in [-0.3, -0.25) is 14.9 Å². The molecule has 0 bridgehead atoms. The minimum Gasteiger partial charge on any atom is -0.453 e. The molecule has 0 atom stereocenters. The number of H-pyrrole nitrogens is 1. The number of ether oxygens (including phenoxy) is 1. The molecule has 0 fully saturated rings. The van der Waals surface area contributed by atoms with Gasteiger partial charge < -0.3 is 15.0 Å². The van der Waals surface area contributed by atoms with E-state index >= 15 is 0 Å². The Morgan fingerprint density at radius 2 is 2.17 bits per heavy atom. The lowest BCUT2D eigenvalue weighted by molar-refractivity contribution is 0.102. The Morgan fingerprint density at radius 3 is 2.87 bits per heavy atom. The highest BCUT2D eigenvalue weighted by molar-refractivity contribution is 6.05. The van der Waals surface area contributed by atoms with Crippen LogP contribution in [-0.4, -0.2) is 45.7 Å². The van der Waals surface area contributed by atoms with Crippen molar-refractivity contribution in [3.63, 3.8) is 0 Å². The zero-order chi connectivity index (χ0) is 16.4. The average molecular weight is 315 g/mol. The average Bonchev–Trinajstić information content (AvgIpc) is 2.97. The van der Waals surface area contributed by atoms with Crippen LogP contribution in [0.25, 0.3) is 0 Å². The zero-order valence-electron chi connectivity index (χ0n) is 12.9. The van der Waals surface area contributed by atoms with Crippen molar-refractivity contribution < 1.29 is 14.3 Å². The Labute approximate surface area is 132 Å². The molecule has 0 spiro atoms. The largest absolute Gasteiger partial charge is 0.453 e. The Morgan fingerprint density at radius 1 is 1.35 bits per heavy atom. The number of hydrogen-bond acceptors (Lipinski definition) is 5. The summed E-state index contributed by atoms with van der Waals surface area (Å²) in [7, 11) is 1.35. The van der Waals surface area contributed by atoms with Gasteiger partial charge >= 0.3 is 6.09 Å². The second kappa shape index (κ2) is 6.07. The monoisotopic (exact) mass is 315 g/mol. The first-order chi connectivity index (χ1) is 11.1.